The zero-order valence-electron chi connectivity index (χ0n) is 18.3. The molecule has 0 spiro atoms. The second-order valence-corrected chi connectivity index (χ2v) is 9.57. The van der Waals surface area contributed by atoms with Gasteiger partial charge in [-0.05, 0) is 45.4 Å². The molecule has 1 aromatic carbocycles. The molecule has 1 amide bonds. The highest BCUT2D eigenvalue weighted by atomic mass is 79.9. The summed E-state index contributed by atoms with van der Waals surface area (Å²) in [6.07, 6.45) is 0.890. The first-order chi connectivity index (χ1) is 15.0. The normalized spacial score (nSPS) is 19.0. The predicted octanol–water partition coefficient (Wildman–Crippen LogP) is 5.02. The van der Waals surface area contributed by atoms with Crippen molar-refractivity contribution in [2.45, 2.75) is 38.8 Å². The lowest BCUT2D eigenvalue weighted by Crippen LogP contribution is -2.48. The van der Waals surface area contributed by atoms with Crippen LogP contribution in [0.4, 0.5) is 9.18 Å². The molecule has 3 rings (SSSR count). The highest BCUT2D eigenvalue weighted by Crippen LogP contribution is 2.42. The van der Waals surface area contributed by atoms with E-state index in [1.54, 1.807) is 51.4 Å². The number of methoxy groups -OCH3 is 1. The van der Waals surface area contributed by atoms with Gasteiger partial charge in [0.05, 0.1) is 18.4 Å². The van der Waals surface area contributed by atoms with Crippen LogP contribution in [-0.2, 0) is 19.8 Å². The highest BCUT2D eigenvalue weighted by Gasteiger charge is 2.47. The third-order valence-corrected chi connectivity index (χ3v) is 6.01. The number of benzene rings is 1. The van der Waals surface area contributed by atoms with Crippen LogP contribution >= 0.6 is 27.3 Å². The van der Waals surface area contributed by atoms with Gasteiger partial charge in [-0.15, -0.1) is 11.3 Å². The van der Waals surface area contributed by atoms with Gasteiger partial charge in [0.15, 0.2) is 10.8 Å². The lowest BCUT2D eigenvalue weighted by molar-refractivity contribution is -0.137. The van der Waals surface area contributed by atoms with Gasteiger partial charge >= 0.3 is 12.1 Å². The van der Waals surface area contributed by atoms with Crippen molar-refractivity contribution >= 4 is 45.2 Å². The van der Waals surface area contributed by atoms with Crippen LogP contribution in [0.3, 0.4) is 0 Å². The number of allylic oxidation sites excluding steroid dienone is 1. The maximum atomic E-state index is 13.6. The zero-order valence-corrected chi connectivity index (χ0v) is 20.7. The molecular formula is C22H23BrFN3O4S. The van der Waals surface area contributed by atoms with Crippen LogP contribution in [-0.4, -0.2) is 45.8 Å². The molecule has 1 atom stereocenters. The molecule has 0 radical (unpaired) electrons. The lowest BCUT2D eigenvalue weighted by Gasteiger charge is -2.39. The van der Waals surface area contributed by atoms with E-state index in [9.17, 15) is 14.0 Å². The maximum Gasteiger partial charge on any atom is 0.420 e. The van der Waals surface area contributed by atoms with Gasteiger partial charge in [-0.3, -0.25) is 0 Å². The highest BCUT2D eigenvalue weighted by molar-refractivity contribution is 9.09. The van der Waals surface area contributed by atoms with Crippen molar-refractivity contribution in [3.8, 4) is 0 Å². The molecule has 0 aliphatic carbocycles. The second-order valence-electron chi connectivity index (χ2n) is 8.11. The lowest BCUT2D eigenvalue weighted by atomic mass is 9.82. The van der Waals surface area contributed by atoms with Crippen LogP contribution < -0.4 is 0 Å². The molecule has 32 heavy (non-hydrogen) atoms. The van der Waals surface area contributed by atoms with Crippen LogP contribution in [0, 0.1) is 5.82 Å². The SMILES string of the molecule is COC(=O)C1=C(CBr)N(C(=O)OC(C)(C)C)C(c2nccs2)=NC1(C)c1ccc(F)cc1. The Balaban J connectivity index is 2.33. The van der Waals surface area contributed by atoms with E-state index in [4.69, 9.17) is 14.5 Å². The molecule has 0 saturated carbocycles. The Hall–Kier alpha value is -2.59. The third-order valence-electron chi connectivity index (χ3n) is 4.71. The predicted molar refractivity (Wildman–Crippen MR) is 123 cm³/mol. The molecule has 1 aromatic heterocycles. The summed E-state index contributed by atoms with van der Waals surface area (Å²) in [6, 6.07) is 5.69. The maximum absolute atomic E-state index is 13.6. The number of carbonyl (C=O) groups excluding carboxylic acids is 2. The minimum Gasteiger partial charge on any atom is -0.466 e. The first-order valence-corrected chi connectivity index (χ1v) is 11.7. The van der Waals surface area contributed by atoms with Gasteiger partial charge in [-0.1, -0.05) is 28.1 Å². The van der Waals surface area contributed by atoms with Crippen LogP contribution in [0.5, 0.6) is 0 Å². The number of alkyl halides is 1. The van der Waals surface area contributed by atoms with E-state index in [2.05, 4.69) is 20.9 Å². The summed E-state index contributed by atoms with van der Waals surface area (Å²) in [5, 5.41) is 2.34. The van der Waals surface area contributed by atoms with Crippen LogP contribution in [0.1, 0.15) is 38.3 Å². The molecule has 1 aliphatic heterocycles. The van der Waals surface area contributed by atoms with Gasteiger partial charge in [0, 0.05) is 16.9 Å². The number of carbonyl (C=O) groups is 2. The van der Waals surface area contributed by atoms with Gasteiger partial charge in [0.25, 0.3) is 0 Å². The number of hydrogen-bond acceptors (Lipinski definition) is 7. The smallest absolute Gasteiger partial charge is 0.420 e. The molecule has 170 valence electrons. The molecule has 10 heteroatoms. The number of thiazole rings is 1. The Labute approximate surface area is 198 Å². The average molecular weight is 524 g/mol. The molecule has 1 unspecified atom stereocenters. The minimum absolute atomic E-state index is 0.123. The molecule has 0 N–H and O–H groups in total. The largest absolute Gasteiger partial charge is 0.466 e. The number of amidine groups is 1. The molecule has 0 fully saturated rings. The summed E-state index contributed by atoms with van der Waals surface area (Å²) in [6.45, 7) is 6.96. The van der Waals surface area contributed by atoms with Crippen LogP contribution in [0.25, 0.3) is 0 Å². The number of hydrogen-bond donors (Lipinski definition) is 0. The van der Waals surface area contributed by atoms with E-state index in [-0.39, 0.29) is 16.7 Å². The van der Waals surface area contributed by atoms with Gasteiger partial charge in [0.2, 0.25) is 0 Å². The van der Waals surface area contributed by atoms with Gasteiger partial charge < -0.3 is 9.47 Å². The number of aliphatic imine (C=N–C) groups is 1. The summed E-state index contributed by atoms with van der Waals surface area (Å²) >= 11 is 4.71. The van der Waals surface area contributed by atoms with Crippen LogP contribution in [0.15, 0.2) is 52.1 Å². The Morgan fingerprint density at radius 2 is 1.91 bits per heavy atom. The number of amides is 1. The molecule has 1 aliphatic rings. The monoisotopic (exact) mass is 523 g/mol. The standard InChI is InChI=1S/C22H23BrFN3O4S/c1-21(2,3)31-20(29)27-15(12-23)16(19(28)30-5)22(4,13-6-8-14(24)9-7-13)26-17(27)18-25-10-11-32-18/h6-11H,12H2,1-5H3. The molecule has 0 bridgehead atoms. The Morgan fingerprint density at radius 3 is 2.41 bits per heavy atom. The zero-order chi connectivity index (χ0) is 23.7. The van der Waals surface area contributed by atoms with Crippen molar-refractivity contribution in [2.75, 3.05) is 12.4 Å². The summed E-state index contributed by atoms with van der Waals surface area (Å²) in [7, 11) is 1.25. The number of esters is 1. The topological polar surface area (TPSA) is 81.1 Å². The minimum atomic E-state index is -1.27. The van der Waals surface area contributed by atoms with E-state index in [0.29, 0.717) is 16.3 Å². The van der Waals surface area contributed by atoms with Crippen molar-refractivity contribution in [3.63, 3.8) is 0 Å². The van der Waals surface area contributed by atoms with Crippen molar-refractivity contribution < 1.29 is 23.5 Å². The number of nitrogens with zero attached hydrogens (tertiary/aromatic N) is 3. The molecule has 7 nitrogen and oxygen atoms in total. The Kier molecular flexibility index (Phi) is 6.85. The van der Waals surface area contributed by atoms with Gasteiger partial charge in [-0.2, -0.15) is 0 Å². The fraction of sp³-hybridized carbons (Fsp3) is 0.364. The molecule has 0 saturated heterocycles. The molecule has 2 aromatic rings. The van der Waals surface area contributed by atoms with E-state index < -0.39 is 29.0 Å². The average Bonchev–Trinajstić information content (AvgIpc) is 3.26. The summed E-state index contributed by atoms with van der Waals surface area (Å²) < 4.78 is 24.3. The fourth-order valence-corrected chi connectivity index (χ4v) is 4.49. The van der Waals surface area contributed by atoms with Crippen molar-refractivity contribution in [2.24, 2.45) is 4.99 Å². The van der Waals surface area contributed by atoms with E-state index in [1.807, 2.05) is 0 Å². The second kappa shape index (κ2) is 9.11. The van der Waals surface area contributed by atoms with Crippen molar-refractivity contribution in [1.82, 2.24) is 9.88 Å². The molecular weight excluding hydrogens is 501 g/mol. The number of aromatic nitrogens is 1. The Bertz CT molecular complexity index is 1080. The summed E-state index contributed by atoms with van der Waals surface area (Å²) in [5.74, 6) is -0.859. The van der Waals surface area contributed by atoms with E-state index in [1.165, 1.54) is 35.5 Å². The quantitative estimate of drug-likeness (QED) is 0.415. The third kappa shape index (κ3) is 4.61. The number of ether oxygens (including phenoxy) is 2. The van der Waals surface area contributed by atoms with Crippen LogP contribution in [0.2, 0.25) is 0 Å². The van der Waals surface area contributed by atoms with E-state index in [0.717, 1.165) is 0 Å². The fourth-order valence-electron chi connectivity index (χ4n) is 3.35. The molecule has 2 heterocycles. The summed E-state index contributed by atoms with van der Waals surface area (Å²) in [5.41, 5.74) is -1.07. The van der Waals surface area contributed by atoms with Crippen molar-refractivity contribution in [1.29, 1.82) is 0 Å². The Morgan fingerprint density at radius 1 is 1.25 bits per heavy atom. The van der Waals surface area contributed by atoms with Gasteiger partial charge in [0.1, 0.15) is 17.0 Å². The number of rotatable bonds is 4. The van der Waals surface area contributed by atoms with Crippen molar-refractivity contribution in [3.05, 3.63) is 63.5 Å². The first kappa shape index (κ1) is 24.1. The van der Waals surface area contributed by atoms with Gasteiger partial charge in [-0.25, -0.2) is 28.9 Å². The summed E-state index contributed by atoms with van der Waals surface area (Å²) in [4.78, 5) is 36.7. The number of halogens is 2. The first-order valence-electron chi connectivity index (χ1n) is 9.68. The van der Waals surface area contributed by atoms with E-state index >= 15 is 0 Å².